The quantitative estimate of drug-likeness (QED) is 0.608. The number of carbonyl (C=O) groups excluding carboxylic acids is 4. The summed E-state index contributed by atoms with van der Waals surface area (Å²) in [6, 6.07) is 5.29. The molecule has 0 unspecified atom stereocenters. The third-order valence-corrected chi connectivity index (χ3v) is 7.22. The maximum absolute atomic E-state index is 12.8. The van der Waals surface area contributed by atoms with Gasteiger partial charge in [0.1, 0.15) is 5.69 Å². The SMILES string of the molecule is Cc1c(C(=O)NCCN2C(=O)S/C(=C\c3ccc4c(c3)OCO4)C2=O)[nH]c2c1C(=O)CC(C)(C)C2. The first-order chi connectivity index (χ1) is 16.6. The molecule has 0 atom stereocenters. The highest BCUT2D eigenvalue weighted by atomic mass is 32.2. The number of nitrogens with zero attached hydrogens (tertiary/aromatic N) is 1. The topological polar surface area (TPSA) is 118 Å². The molecule has 1 aromatic carbocycles. The van der Waals surface area contributed by atoms with Gasteiger partial charge in [0.25, 0.3) is 17.1 Å². The van der Waals surface area contributed by atoms with E-state index in [1.807, 2.05) is 13.8 Å². The van der Waals surface area contributed by atoms with Crippen LogP contribution in [0.1, 0.15) is 57.9 Å². The lowest BCUT2D eigenvalue weighted by Gasteiger charge is -2.28. The number of imide groups is 1. The average Bonchev–Trinajstić information content (AvgIpc) is 3.45. The van der Waals surface area contributed by atoms with Gasteiger partial charge >= 0.3 is 0 Å². The number of thioether (sulfide) groups is 1. The molecule has 0 radical (unpaired) electrons. The Balaban J connectivity index is 1.22. The number of hydrogen-bond donors (Lipinski definition) is 2. The van der Waals surface area contributed by atoms with Gasteiger partial charge in [-0.3, -0.25) is 24.1 Å². The lowest BCUT2D eigenvalue weighted by molar-refractivity contribution is -0.122. The van der Waals surface area contributed by atoms with Crippen LogP contribution < -0.4 is 14.8 Å². The molecule has 35 heavy (non-hydrogen) atoms. The number of Topliss-reactive ketones (excluding diaryl/α,β-unsaturated/α-hetero) is 1. The van der Waals surface area contributed by atoms with Crippen LogP contribution in [-0.4, -0.2) is 52.6 Å². The van der Waals surface area contributed by atoms with Gasteiger partial charge in [-0.25, -0.2) is 0 Å². The minimum atomic E-state index is -0.411. The number of carbonyl (C=O) groups is 4. The number of H-pyrrole nitrogens is 1. The molecule has 2 N–H and O–H groups in total. The maximum Gasteiger partial charge on any atom is 0.293 e. The number of benzene rings is 1. The first kappa shape index (κ1) is 23.2. The van der Waals surface area contributed by atoms with Crippen molar-refractivity contribution in [2.24, 2.45) is 5.41 Å². The number of rotatable bonds is 5. The van der Waals surface area contributed by atoms with Crippen molar-refractivity contribution in [3.8, 4) is 11.5 Å². The summed E-state index contributed by atoms with van der Waals surface area (Å²) in [5, 5.41) is 2.37. The van der Waals surface area contributed by atoms with E-state index in [1.165, 1.54) is 0 Å². The molecule has 0 spiro atoms. The summed E-state index contributed by atoms with van der Waals surface area (Å²) >= 11 is 0.856. The van der Waals surface area contributed by atoms with E-state index in [2.05, 4.69) is 10.3 Å². The fraction of sp³-hybridized carbons (Fsp3) is 0.360. The Morgan fingerprint density at radius 2 is 1.97 bits per heavy atom. The third kappa shape index (κ3) is 4.34. The number of fused-ring (bicyclic) bond motifs is 2. The highest BCUT2D eigenvalue weighted by molar-refractivity contribution is 8.18. The molecule has 1 aromatic heterocycles. The Bertz CT molecular complexity index is 1310. The van der Waals surface area contributed by atoms with Gasteiger partial charge in [0, 0.05) is 30.8 Å². The van der Waals surface area contributed by atoms with Crippen molar-refractivity contribution in [1.82, 2.24) is 15.2 Å². The Kier molecular flexibility index (Phi) is 5.71. The van der Waals surface area contributed by atoms with Crippen molar-refractivity contribution in [1.29, 1.82) is 0 Å². The van der Waals surface area contributed by atoms with Crippen molar-refractivity contribution in [3.05, 3.63) is 51.2 Å². The molecule has 0 bridgehead atoms. The number of ketones is 1. The third-order valence-electron chi connectivity index (χ3n) is 6.32. The zero-order valence-corrected chi connectivity index (χ0v) is 20.5. The number of amides is 3. The number of aromatic amines is 1. The average molecular weight is 496 g/mol. The molecule has 3 heterocycles. The first-order valence-electron chi connectivity index (χ1n) is 11.3. The van der Waals surface area contributed by atoms with Crippen LogP contribution in [0.3, 0.4) is 0 Å². The fourth-order valence-corrected chi connectivity index (χ4v) is 5.54. The smallest absolute Gasteiger partial charge is 0.293 e. The van der Waals surface area contributed by atoms with Crippen LogP contribution in [-0.2, 0) is 11.2 Å². The van der Waals surface area contributed by atoms with E-state index in [-0.39, 0.29) is 37.0 Å². The predicted octanol–water partition coefficient (Wildman–Crippen LogP) is 3.67. The summed E-state index contributed by atoms with van der Waals surface area (Å²) < 4.78 is 10.6. The number of ether oxygens (including phenoxy) is 2. The monoisotopic (exact) mass is 495 g/mol. The molecule has 1 fully saturated rings. The van der Waals surface area contributed by atoms with Gasteiger partial charge < -0.3 is 19.8 Å². The van der Waals surface area contributed by atoms with E-state index >= 15 is 0 Å². The van der Waals surface area contributed by atoms with Crippen LogP contribution in [0.5, 0.6) is 11.5 Å². The summed E-state index contributed by atoms with van der Waals surface area (Å²) in [6.07, 6.45) is 2.77. The molecule has 10 heteroatoms. The Morgan fingerprint density at radius 1 is 1.20 bits per heavy atom. The number of nitrogens with one attached hydrogen (secondary N) is 2. The van der Waals surface area contributed by atoms with E-state index in [0.717, 1.165) is 27.9 Å². The van der Waals surface area contributed by atoms with Gasteiger partial charge in [-0.05, 0) is 59.9 Å². The minimum absolute atomic E-state index is 0.0381. The van der Waals surface area contributed by atoms with Crippen LogP contribution in [0.25, 0.3) is 6.08 Å². The second kappa shape index (κ2) is 8.60. The zero-order chi connectivity index (χ0) is 24.9. The summed E-state index contributed by atoms with van der Waals surface area (Å²) in [5.41, 5.74) is 2.93. The summed E-state index contributed by atoms with van der Waals surface area (Å²) in [4.78, 5) is 55.1. The molecule has 2 aromatic rings. The first-order valence-corrected chi connectivity index (χ1v) is 12.1. The van der Waals surface area contributed by atoms with Crippen molar-refractivity contribution >= 4 is 40.7 Å². The Hall–Kier alpha value is -3.53. The van der Waals surface area contributed by atoms with E-state index in [1.54, 1.807) is 31.2 Å². The Morgan fingerprint density at radius 3 is 2.77 bits per heavy atom. The van der Waals surface area contributed by atoms with Crippen molar-refractivity contribution in [2.75, 3.05) is 19.9 Å². The van der Waals surface area contributed by atoms with Crippen LogP contribution in [0.4, 0.5) is 4.79 Å². The predicted molar refractivity (Wildman–Crippen MR) is 130 cm³/mol. The second-order valence-electron chi connectivity index (χ2n) is 9.62. The second-order valence-corrected chi connectivity index (χ2v) is 10.6. The molecule has 1 aliphatic carbocycles. The van der Waals surface area contributed by atoms with Gasteiger partial charge in [0.05, 0.1) is 4.91 Å². The number of aromatic nitrogens is 1. The van der Waals surface area contributed by atoms with Crippen LogP contribution in [0, 0.1) is 12.3 Å². The highest BCUT2D eigenvalue weighted by Gasteiger charge is 2.36. The molecule has 3 aliphatic rings. The van der Waals surface area contributed by atoms with Crippen LogP contribution in [0.2, 0.25) is 0 Å². The van der Waals surface area contributed by atoms with Gasteiger partial charge in [0.15, 0.2) is 17.3 Å². The maximum atomic E-state index is 12.8. The van der Waals surface area contributed by atoms with E-state index in [0.29, 0.717) is 46.1 Å². The van der Waals surface area contributed by atoms with Crippen LogP contribution >= 0.6 is 11.8 Å². The van der Waals surface area contributed by atoms with Gasteiger partial charge in [-0.1, -0.05) is 19.9 Å². The molecule has 1 saturated heterocycles. The molecular formula is C25H25N3O6S. The standard InChI is InChI=1S/C25H25N3O6S/c1-13-20-15(10-25(2,3)11-16(20)29)27-21(13)22(30)26-6-7-28-23(31)19(35-24(28)32)9-14-4-5-17-18(8-14)34-12-33-17/h4-5,8-9,27H,6-7,10-12H2,1-3H3,(H,26,30)/b19-9-. The normalized spacial score (nSPS) is 19.5. The molecular weight excluding hydrogens is 470 g/mol. The minimum Gasteiger partial charge on any atom is -0.454 e. The fourth-order valence-electron chi connectivity index (χ4n) is 4.68. The molecule has 2 aliphatic heterocycles. The van der Waals surface area contributed by atoms with E-state index in [9.17, 15) is 19.2 Å². The largest absolute Gasteiger partial charge is 0.454 e. The van der Waals surface area contributed by atoms with Gasteiger partial charge in [-0.2, -0.15) is 0 Å². The summed E-state index contributed by atoms with van der Waals surface area (Å²) in [7, 11) is 0. The number of hydrogen-bond acceptors (Lipinski definition) is 7. The summed E-state index contributed by atoms with van der Waals surface area (Å²) in [6.45, 7) is 6.11. The molecule has 0 saturated carbocycles. The lowest BCUT2D eigenvalue weighted by Crippen LogP contribution is -2.37. The lowest BCUT2D eigenvalue weighted by atomic mass is 9.75. The van der Waals surface area contributed by atoms with E-state index in [4.69, 9.17) is 9.47 Å². The summed E-state index contributed by atoms with van der Waals surface area (Å²) in [5.74, 6) is 0.484. The molecule has 5 rings (SSSR count). The van der Waals surface area contributed by atoms with Crippen molar-refractivity contribution < 1.29 is 28.7 Å². The van der Waals surface area contributed by atoms with Crippen LogP contribution in [0.15, 0.2) is 23.1 Å². The molecule has 9 nitrogen and oxygen atoms in total. The zero-order valence-electron chi connectivity index (χ0n) is 19.6. The van der Waals surface area contributed by atoms with E-state index < -0.39 is 11.1 Å². The van der Waals surface area contributed by atoms with Gasteiger partial charge in [-0.15, -0.1) is 0 Å². The molecule has 182 valence electrons. The Labute approximate surface area is 206 Å². The van der Waals surface area contributed by atoms with Crippen molar-refractivity contribution in [3.63, 3.8) is 0 Å². The van der Waals surface area contributed by atoms with Crippen molar-refractivity contribution in [2.45, 2.75) is 33.6 Å². The van der Waals surface area contributed by atoms with Gasteiger partial charge in [0.2, 0.25) is 6.79 Å². The molecule has 3 amide bonds. The highest BCUT2D eigenvalue weighted by Crippen LogP contribution is 2.37.